The SMILES string of the molecule is CO[Si](C)(CCCC#N)O[Si](C)(CCCC#N)O[Si](C)(CCCC#N)OC. The molecule has 0 N–H and O–H groups in total. The summed E-state index contributed by atoms with van der Waals surface area (Å²) < 4.78 is 24.7. The molecule has 27 heavy (non-hydrogen) atoms. The summed E-state index contributed by atoms with van der Waals surface area (Å²) in [7, 11) is -4.33. The van der Waals surface area contributed by atoms with Gasteiger partial charge in [0.15, 0.2) is 0 Å². The smallest absolute Gasteiger partial charge is 0.325 e. The van der Waals surface area contributed by atoms with Crippen LogP contribution >= 0.6 is 0 Å². The van der Waals surface area contributed by atoms with Gasteiger partial charge < -0.3 is 17.1 Å². The molecule has 7 nitrogen and oxygen atoms in total. The summed E-state index contributed by atoms with van der Waals surface area (Å²) in [4.78, 5) is 0. The predicted octanol–water partition coefficient (Wildman–Crippen LogP) is 4.44. The summed E-state index contributed by atoms with van der Waals surface area (Å²) in [6, 6.07) is 8.63. The minimum Gasteiger partial charge on any atom is -0.415 e. The highest BCUT2D eigenvalue weighted by molar-refractivity contribution is 6.85. The van der Waals surface area contributed by atoms with E-state index in [1.165, 1.54) is 0 Å². The standard InChI is InChI=1S/C17H33N3O4Si3/c1-21-25(3,15-9-6-12-18)23-27(5,17-11-8-14-20)24-26(4,22-2)16-10-7-13-19/h6-11,15-17H2,1-5H3. The van der Waals surface area contributed by atoms with Crippen molar-refractivity contribution >= 4 is 25.7 Å². The number of nitrogens with zero attached hydrogens (tertiary/aromatic N) is 3. The van der Waals surface area contributed by atoms with Crippen LogP contribution in [0.25, 0.3) is 0 Å². The van der Waals surface area contributed by atoms with Crippen molar-refractivity contribution in [1.29, 1.82) is 15.8 Å². The molecule has 0 fully saturated rings. The van der Waals surface area contributed by atoms with Crippen LogP contribution in [0.15, 0.2) is 0 Å². The van der Waals surface area contributed by atoms with Crippen LogP contribution in [0.1, 0.15) is 38.5 Å². The van der Waals surface area contributed by atoms with Gasteiger partial charge in [-0.15, -0.1) is 0 Å². The van der Waals surface area contributed by atoms with E-state index >= 15 is 0 Å². The molecule has 0 rings (SSSR count). The fourth-order valence-corrected chi connectivity index (χ4v) is 15.9. The van der Waals surface area contributed by atoms with Gasteiger partial charge in [-0.05, 0) is 57.0 Å². The van der Waals surface area contributed by atoms with Crippen molar-refractivity contribution in [1.82, 2.24) is 0 Å². The molecule has 0 aliphatic heterocycles. The van der Waals surface area contributed by atoms with E-state index in [9.17, 15) is 0 Å². The van der Waals surface area contributed by atoms with Gasteiger partial charge in [-0.3, -0.25) is 0 Å². The van der Waals surface area contributed by atoms with Crippen LogP contribution in [0, 0.1) is 34.0 Å². The Morgan fingerprint density at radius 3 is 1.15 bits per heavy atom. The maximum atomic E-state index is 8.90. The minimum absolute atomic E-state index is 0.453. The van der Waals surface area contributed by atoms with Crippen molar-refractivity contribution in [2.45, 2.75) is 76.3 Å². The van der Waals surface area contributed by atoms with Gasteiger partial charge in [0.05, 0.1) is 18.2 Å². The van der Waals surface area contributed by atoms with E-state index < -0.39 is 25.7 Å². The largest absolute Gasteiger partial charge is 0.415 e. The monoisotopic (exact) mass is 427 g/mol. The van der Waals surface area contributed by atoms with Crippen molar-refractivity contribution < 1.29 is 17.1 Å². The van der Waals surface area contributed by atoms with E-state index in [4.69, 9.17) is 32.9 Å². The summed E-state index contributed by atoms with van der Waals surface area (Å²) in [5.74, 6) is 0. The molecule has 152 valence electrons. The number of hydrogen-bond acceptors (Lipinski definition) is 7. The van der Waals surface area contributed by atoms with Crippen molar-refractivity contribution in [3.05, 3.63) is 0 Å². The average molecular weight is 428 g/mol. The quantitative estimate of drug-likeness (QED) is 0.281. The van der Waals surface area contributed by atoms with E-state index in [1.807, 2.05) is 19.6 Å². The molecule has 0 bridgehead atoms. The zero-order chi connectivity index (χ0) is 20.8. The summed E-state index contributed by atoms with van der Waals surface area (Å²) in [5, 5.41) is 26.5. The number of rotatable bonds is 15. The van der Waals surface area contributed by atoms with Crippen LogP contribution < -0.4 is 0 Å². The fourth-order valence-electron chi connectivity index (χ4n) is 2.89. The first-order valence-electron chi connectivity index (χ1n) is 9.33. The Morgan fingerprint density at radius 1 is 0.593 bits per heavy atom. The van der Waals surface area contributed by atoms with Gasteiger partial charge in [-0.2, -0.15) is 15.8 Å². The highest BCUT2D eigenvalue weighted by Gasteiger charge is 2.47. The molecule has 0 saturated carbocycles. The molecular weight excluding hydrogens is 394 g/mol. The van der Waals surface area contributed by atoms with Crippen LogP contribution in [-0.4, -0.2) is 39.9 Å². The highest BCUT2D eigenvalue weighted by Crippen LogP contribution is 2.31. The summed E-state index contributed by atoms with van der Waals surface area (Å²) >= 11 is 0. The molecule has 0 aromatic rings. The molecule has 0 radical (unpaired) electrons. The van der Waals surface area contributed by atoms with Crippen LogP contribution in [0.4, 0.5) is 0 Å². The number of hydrogen-bond donors (Lipinski definition) is 0. The Bertz CT molecular complexity index is 525. The normalized spacial score (nSPS) is 17.6. The first-order valence-corrected chi connectivity index (χ1v) is 16.9. The zero-order valence-electron chi connectivity index (χ0n) is 17.3. The Balaban J connectivity index is 5.34. The molecule has 0 spiro atoms. The highest BCUT2D eigenvalue weighted by atomic mass is 28.5. The topological polar surface area (TPSA) is 108 Å². The lowest BCUT2D eigenvalue weighted by molar-refractivity contribution is 0.234. The second-order valence-corrected chi connectivity index (χ2v) is 17.8. The van der Waals surface area contributed by atoms with Crippen molar-refractivity contribution in [2.75, 3.05) is 14.2 Å². The minimum atomic E-state index is -2.66. The lowest BCUT2D eigenvalue weighted by Crippen LogP contribution is -2.57. The third-order valence-electron chi connectivity index (χ3n) is 4.49. The average Bonchev–Trinajstić information content (AvgIpc) is 2.62. The van der Waals surface area contributed by atoms with E-state index in [0.29, 0.717) is 31.7 Å². The van der Waals surface area contributed by atoms with Gasteiger partial charge in [-0.25, -0.2) is 0 Å². The van der Waals surface area contributed by atoms with E-state index in [-0.39, 0.29) is 0 Å². The molecule has 0 aliphatic carbocycles. The molecular formula is C17H33N3O4Si3. The van der Waals surface area contributed by atoms with Gasteiger partial charge in [0.1, 0.15) is 0 Å². The zero-order valence-corrected chi connectivity index (χ0v) is 20.3. The maximum absolute atomic E-state index is 8.90. The molecule has 0 aliphatic rings. The lowest BCUT2D eigenvalue weighted by atomic mass is 10.4. The van der Waals surface area contributed by atoms with E-state index in [1.54, 1.807) is 14.2 Å². The molecule has 0 heterocycles. The molecule has 0 aromatic carbocycles. The summed E-state index contributed by atoms with van der Waals surface area (Å²) in [6.45, 7) is 6.03. The van der Waals surface area contributed by atoms with Gasteiger partial charge in [0, 0.05) is 33.5 Å². The Hall–Kier alpha value is -1.04. The lowest BCUT2D eigenvalue weighted by Gasteiger charge is -2.41. The van der Waals surface area contributed by atoms with Gasteiger partial charge in [0.2, 0.25) is 0 Å². The maximum Gasteiger partial charge on any atom is 0.325 e. The van der Waals surface area contributed by atoms with Crippen LogP contribution in [0.5, 0.6) is 0 Å². The second kappa shape index (κ2) is 13.2. The third-order valence-corrected chi connectivity index (χ3v) is 16.9. The molecule has 2 atom stereocenters. The summed E-state index contributed by atoms with van der Waals surface area (Å²) in [6.07, 6.45) is 3.57. The molecule has 0 aromatic heterocycles. The van der Waals surface area contributed by atoms with Gasteiger partial charge in [0.25, 0.3) is 0 Å². The van der Waals surface area contributed by atoms with Crippen LogP contribution in [0.3, 0.4) is 0 Å². The van der Waals surface area contributed by atoms with Gasteiger partial charge in [-0.1, -0.05) is 0 Å². The Morgan fingerprint density at radius 2 is 0.889 bits per heavy atom. The van der Waals surface area contributed by atoms with Crippen molar-refractivity contribution in [2.24, 2.45) is 0 Å². The number of nitriles is 3. The predicted molar refractivity (Wildman–Crippen MR) is 110 cm³/mol. The van der Waals surface area contributed by atoms with Crippen molar-refractivity contribution in [3.8, 4) is 18.2 Å². The first kappa shape index (κ1) is 26.0. The first-order chi connectivity index (χ1) is 12.7. The van der Waals surface area contributed by atoms with Crippen molar-refractivity contribution in [3.63, 3.8) is 0 Å². The third kappa shape index (κ3) is 10.8. The molecule has 0 saturated heterocycles. The molecule has 0 amide bonds. The molecule has 2 unspecified atom stereocenters. The van der Waals surface area contributed by atoms with Gasteiger partial charge >= 0.3 is 25.7 Å². The Kier molecular flexibility index (Phi) is 12.7. The van der Waals surface area contributed by atoms with E-state index in [0.717, 1.165) is 24.9 Å². The van der Waals surface area contributed by atoms with E-state index in [2.05, 4.69) is 18.2 Å². The van der Waals surface area contributed by atoms with Crippen LogP contribution in [-0.2, 0) is 17.1 Å². The Labute approximate surface area is 167 Å². The van der Waals surface area contributed by atoms with Crippen LogP contribution in [0.2, 0.25) is 37.8 Å². The number of unbranched alkanes of at least 4 members (excludes halogenated alkanes) is 3. The summed E-state index contributed by atoms with van der Waals surface area (Å²) in [5.41, 5.74) is 0. The molecule has 10 heteroatoms. The fraction of sp³-hybridized carbons (Fsp3) is 0.824. The second-order valence-electron chi connectivity index (χ2n) is 7.05.